The van der Waals surface area contributed by atoms with Crippen LogP contribution in [0.1, 0.15) is 98.5 Å². The number of benzene rings is 5. The number of carbonyl (C=O) groups excluding carboxylic acids is 3. The lowest BCUT2D eigenvalue weighted by atomic mass is 9.48. The van der Waals surface area contributed by atoms with Crippen LogP contribution in [0.15, 0.2) is 96.6 Å². The summed E-state index contributed by atoms with van der Waals surface area (Å²) in [6.07, 6.45) is 5.79. The number of carbonyl (C=O) groups is 3. The summed E-state index contributed by atoms with van der Waals surface area (Å²) < 4.78 is 0. The fourth-order valence-corrected chi connectivity index (χ4v) is 9.52. The number of anilines is 1. The van der Waals surface area contributed by atoms with Crippen LogP contribution < -0.4 is 27.5 Å². The van der Waals surface area contributed by atoms with Gasteiger partial charge in [0.05, 0.1) is 11.1 Å². The van der Waals surface area contributed by atoms with E-state index in [1.807, 2.05) is 84.4 Å². The van der Waals surface area contributed by atoms with Crippen LogP contribution in [0.5, 0.6) is 5.75 Å². The van der Waals surface area contributed by atoms with Gasteiger partial charge in [-0.2, -0.15) is 0 Å². The van der Waals surface area contributed by atoms with Gasteiger partial charge in [0.2, 0.25) is 11.8 Å². The number of nitrogens with zero attached hydrogens (tertiary/aromatic N) is 2. The van der Waals surface area contributed by atoms with Crippen molar-refractivity contribution in [1.29, 1.82) is 0 Å². The number of rotatable bonds is 9. The Labute approximate surface area is 346 Å². The van der Waals surface area contributed by atoms with E-state index >= 15 is 0 Å². The number of aromatic hydroxyl groups is 1. The number of likely N-dealkylation sites (tertiary alicyclic amines) is 2. The van der Waals surface area contributed by atoms with Crippen molar-refractivity contribution in [1.82, 2.24) is 15.0 Å². The summed E-state index contributed by atoms with van der Waals surface area (Å²) in [7, 11) is 1.85. The largest absolute Gasteiger partial charge is 0.506 e. The van der Waals surface area contributed by atoms with E-state index in [9.17, 15) is 19.5 Å². The minimum absolute atomic E-state index is 0.00236. The van der Waals surface area contributed by atoms with Gasteiger partial charge < -0.3 is 36.9 Å². The van der Waals surface area contributed by atoms with E-state index in [1.54, 1.807) is 6.07 Å². The first-order valence-electron chi connectivity index (χ1n) is 20.9. The smallest absolute Gasteiger partial charge is 0.293 e. The molecule has 3 aliphatic rings. The highest BCUT2D eigenvalue weighted by Gasteiger charge is 2.35. The molecule has 3 heterocycles. The van der Waals surface area contributed by atoms with Crippen molar-refractivity contribution >= 4 is 52.6 Å². The molecule has 0 aliphatic carbocycles. The molecule has 10 nitrogen and oxygen atoms in total. The van der Waals surface area contributed by atoms with Gasteiger partial charge in [0.25, 0.3) is 12.8 Å². The minimum atomic E-state index is -0.425. The molecule has 7 N–H and O–H groups in total. The summed E-state index contributed by atoms with van der Waals surface area (Å²) in [6.45, 7) is 4.97. The Morgan fingerprint density at radius 2 is 1.42 bits per heavy atom. The van der Waals surface area contributed by atoms with Crippen molar-refractivity contribution in [3.8, 4) is 5.75 Å². The van der Waals surface area contributed by atoms with Crippen molar-refractivity contribution in [2.24, 2.45) is 11.5 Å². The molecule has 0 atom stereocenters. The van der Waals surface area contributed by atoms with E-state index in [0.717, 1.165) is 53.5 Å². The first kappa shape index (κ1) is 39.9. The first-order chi connectivity index (χ1) is 28.7. The zero-order valence-electron chi connectivity index (χ0n) is 34.0. The first-order valence-corrected chi connectivity index (χ1v) is 20.9. The molecule has 2 fully saturated rings. The molecule has 3 aliphatic heterocycles. The highest BCUT2D eigenvalue weighted by atomic mass is 16.3. The third-order valence-corrected chi connectivity index (χ3v) is 12.8. The lowest BCUT2D eigenvalue weighted by Crippen LogP contribution is -2.54. The van der Waals surface area contributed by atoms with E-state index in [2.05, 4.69) is 40.9 Å². The molecule has 0 aromatic heterocycles. The van der Waals surface area contributed by atoms with Crippen LogP contribution in [-0.2, 0) is 24.2 Å². The molecule has 0 spiro atoms. The summed E-state index contributed by atoms with van der Waals surface area (Å²) >= 11 is 0. The molecular weight excluding hydrogens is 735 g/mol. The fourth-order valence-electron chi connectivity index (χ4n) is 9.52. The second kappa shape index (κ2) is 17.1. The van der Waals surface area contributed by atoms with E-state index in [4.69, 9.17) is 11.5 Å². The topological polar surface area (TPSA) is 154 Å². The number of phenols is 1. The van der Waals surface area contributed by atoms with Crippen LogP contribution in [0.25, 0.3) is 16.8 Å². The Bertz CT molecular complexity index is 2450. The lowest BCUT2D eigenvalue weighted by molar-refractivity contribution is -0.128. The van der Waals surface area contributed by atoms with E-state index < -0.39 is 12.8 Å². The minimum Gasteiger partial charge on any atom is -0.506 e. The average molecular weight is 789 g/mol. The second-order valence-electron chi connectivity index (χ2n) is 16.3. The monoisotopic (exact) mass is 788 g/mol. The van der Waals surface area contributed by atoms with Gasteiger partial charge in [0, 0.05) is 63.0 Å². The van der Waals surface area contributed by atoms with Crippen LogP contribution in [-0.4, -0.2) is 72.7 Å². The van der Waals surface area contributed by atoms with Gasteiger partial charge in [-0.3, -0.25) is 14.4 Å². The summed E-state index contributed by atoms with van der Waals surface area (Å²) in [5, 5.41) is 19.4. The van der Waals surface area contributed by atoms with E-state index in [1.165, 1.54) is 11.1 Å². The molecule has 302 valence electrons. The molecule has 5 aromatic rings. The lowest BCUT2D eigenvalue weighted by Gasteiger charge is -2.33. The number of nitrogens with one attached hydrogen (secondary N) is 2. The van der Waals surface area contributed by atoms with Crippen molar-refractivity contribution in [3.05, 3.63) is 141 Å². The van der Waals surface area contributed by atoms with E-state index in [0.29, 0.717) is 84.9 Å². The highest BCUT2D eigenvalue weighted by molar-refractivity contribution is 6.74. The SMILES string of the molecule is CNc1cccc(B2Cc3cc4cccc(C(=O)N5CCC(c6cccc(CN)c6)CC5)c4c(O)c3C(=O)N2)c1/C=C(\C)C(=O)N1CCC(c2cccc(CN)c2)CC1. The third kappa shape index (κ3) is 7.97. The second-order valence-corrected chi connectivity index (χ2v) is 16.3. The molecule has 8 rings (SSSR count). The number of fused-ring (bicyclic) bond motifs is 2. The van der Waals surface area contributed by atoms with Crippen LogP contribution in [0.2, 0.25) is 0 Å². The van der Waals surface area contributed by atoms with Gasteiger partial charge in [-0.1, -0.05) is 78.9 Å². The third-order valence-electron chi connectivity index (χ3n) is 12.8. The van der Waals surface area contributed by atoms with E-state index in [-0.39, 0.29) is 23.1 Å². The zero-order chi connectivity index (χ0) is 41.2. The molecule has 11 heteroatoms. The predicted molar refractivity (Wildman–Crippen MR) is 237 cm³/mol. The number of piperidine rings is 2. The maximum atomic E-state index is 14.1. The molecule has 0 bridgehead atoms. The van der Waals surface area contributed by atoms with Gasteiger partial charge >= 0.3 is 0 Å². The highest BCUT2D eigenvalue weighted by Crippen LogP contribution is 2.38. The molecule has 0 unspecified atom stereocenters. The quantitative estimate of drug-likeness (QED) is 0.0900. The number of hydrogen-bond acceptors (Lipinski definition) is 7. The van der Waals surface area contributed by atoms with Crippen LogP contribution in [0, 0.1) is 0 Å². The van der Waals surface area contributed by atoms with Crippen LogP contribution in [0.3, 0.4) is 0 Å². The fraction of sp³-hybridized carbons (Fsp3) is 0.312. The Kier molecular flexibility index (Phi) is 11.6. The maximum absolute atomic E-state index is 14.1. The Morgan fingerprint density at radius 1 is 0.831 bits per heavy atom. The normalized spacial score (nSPS) is 16.6. The average Bonchev–Trinajstić information content (AvgIpc) is 3.28. The summed E-state index contributed by atoms with van der Waals surface area (Å²) in [6, 6.07) is 30.1. The van der Waals surface area contributed by atoms with Crippen molar-refractivity contribution in [3.63, 3.8) is 0 Å². The molecule has 0 radical (unpaired) electrons. The number of amides is 3. The van der Waals surface area contributed by atoms with Gasteiger partial charge in [-0.15, -0.1) is 0 Å². The summed E-state index contributed by atoms with van der Waals surface area (Å²) in [5.41, 5.74) is 21.0. The zero-order valence-corrected chi connectivity index (χ0v) is 34.0. The Morgan fingerprint density at radius 3 is 2.03 bits per heavy atom. The predicted octanol–water partition coefficient (Wildman–Crippen LogP) is 6.06. The van der Waals surface area contributed by atoms with Gasteiger partial charge in [-0.25, -0.2) is 0 Å². The number of phenolic OH excluding ortho intramolecular Hbond substituents is 1. The molecule has 2 saturated heterocycles. The molecule has 0 saturated carbocycles. The van der Waals surface area contributed by atoms with Gasteiger partial charge in [0.1, 0.15) is 5.75 Å². The van der Waals surface area contributed by atoms with Crippen molar-refractivity contribution in [2.75, 3.05) is 38.5 Å². The molecule has 5 aromatic carbocycles. The van der Waals surface area contributed by atoms with Crippen molar-refractivity contribution in [2.45, 2.75) is 63.9 Å². The molecule has 3 amide bonds. The van der Waals surface area contributed by atoms with Crippen LogP contribution >= 0.6 is 0 Å². The Hall–Kier alpha value is -5.91. The van der Waals surface area contributed by atoms with Gasteiger partial charge in [-0.05, 0) is 113 Å². The summed E-state index contributed by atoms with van der Waals surface area (Å²) in [4.78, 5) is 45.8. The molecular formula is C48H53BN6O4. The number of nitrogens with two attached hydrogens (primary N) is 2. The standard InChI is InChI=1S/C48H53BN6O4/c1-30(47(58)54-19-15-33(16-20-54)35-9-3-7-31(24-35)28-50)23-40-41(13-6-14-42(40)52-2)49-27-38-26-37-11-5-12-39(43(37)45(56)44(38)46(57)53-49)48(59)55-21-17-34(18-22-55)36-10-4-8-32(25-36)29-51/h3-14,23-26,33-34,52,56H,15-22,27-29,50-51H2,1-2H3,(H,53,57)/b30-23+. The van der Waals surface area contributed by atoms with Crippen LogP contribution in [0.4, 0.5) is 5.69 Å². The van der Waals surface area contributed by atoms with Gasteiger partial charge in [0.15, 0.2) is 0 Å². The summed E-state index contributed by atoms with van der Waals surface area (Å²) in [5.74, 6) is 0.00176. The molecule has 59 heavy (non-hydrogen) atoms. The Balaban J connectivity index is 1.01. The number of hydrogen-bond donors (Lipinski definition) is 5. The van der Waals surface area contributed by atoms with Crippen molar-refractivity contribution < 1.29 is 19.5 Å². The maximum Gasteiger partial charge on any atom is 0.293 e.